The number of nitrogens with zero attached hydrogens (tertiary/aromatic N) is 2. The maximum Gasteiger partial charge on any atom is 0.127 e. The van der Waals surface area contributed by atoms with Crippen LogP contribution in [0.25, 0.3) is 0 Å². The number of halogens is 1. The third kappa shape index (κ3) is 1.61. The Bertz CT molecular complexity index is 346. The quantitative estimate of drug-likeness (QED) is 0.838. The number of hydrogen-bond acceptors (Lipinski definition) is 2. The lowest BCUT2D eigenvalue weighted by molar-refractivity contribution is 0.142. The lowest BCUT2D eigenvalue weighted by Crippen LogP contribution is -2.24. The molecule has 0 fully saturated rings. The topological polar surface area (TPSA) is 38.0 Å². The van der Waals surface area contributed by atoms with Gasteiger partial charge in [-0.2, -0.15) is 0 Å². The van der Waals surface area contributed by atoms with Crippen LogP contribution in [0.3, 0.4) is 0 Å². The van der Waals surface area contributed by atoms with Crippen molar-refractivity contribution in [3.05, 3.63) is 16.1 Å². The van der Waals surface area contributed by atoms with Crippen molar-refractivity contribution in [2.45, 2.75) is 45.3 Å². The van der Waals surface area contributed by atoms with Gasteiger partial charge in [-0.3, -0.25) is 0 Å². The Labute approximate surface area is 92.3 Å². The highest BCUT2D eigenvalue weighted by atomic mass is 79.9. The molecule has 1 aliphatic heterocycles. The van der Waals surface area contributed by atoms with Crippen LogP contribution in [0.2, 0.25) is 0 Å². The molecule has 0 bridgehead atoms. The highest BCUT2D eigenvalue weighted by molar-refractivity contribution is 9.10. The van der Waals surface area contributed by atoms with E-state index in [4.69, 9.17) is 0 Å². The minimum Gasteiger partial charge on any atom is -0.393 e. The molecule has 0 amide bonds. The van der Waals surface area contributed by atoms with Crippen molar-refractivity contribution in [2.75, 3.05) is 0 Å². The Kier molecular flexibility index (Phi) is 2.66. The molecule has 2 rings (SSSR count). The summed E-state index contributed by atoms with van der Waals surface area (Å²) >= 11 is 3.46. The van der Waals surface area contributed by atoms with E-state index in [1.54, 1.807) is 0 Å². The Balaban J connectivity index is 2.44. The minimum absolute atomic E-state index is 0.199. The molecule has 0 radical (unpaired) electrons. The number of rotatable bonds is 1. The van der Waals surface area contributed by atoms with Gasteiger partial charge in [0, 0.05) is 18.9 Å². The Morgan fingerprint density at radius 2 is 2.29 bits per heavy atom. The van der Waals surface area contributed by atoms with Gasteiger partial charge in [0.05, 0.1) is 11.8 Å². The highest BCUT2D eigenvalue weighted by Crippen LogP contribution is 2.28. The molecule has 0 saturated carbocycles. The summed E-state index contributed by atoms with van der Waals surface area (Å²) in [6.45, 7) is 5.18. The van der Waals surface area contributed by atoms with E-state index >= 15 is 0 Å². The fraction of sp³-hybridized carbons (Fsp3) is 0.700. The molecule has 1 atom stereocenters. The number of fused-ring (bicyclic) bond motifs is 1. The van der Waals surface area contributed by atoms with Crippen molar-refractivity contribution in [3.8, 4) is 0 Å². The fourth-order valence-corrected chi connectivity index (χ4v) is 2.52. The van der Waals surface area contributed by atoms with Gasteiger partial charge in [0.25, 0.3) is 0 Å². The molecule has 3 nitrogen and oxygen atoms in total. The van der Waals surface area contributed by atoms with Crippen LogP contribution in [-0.4, -0.2) is 20.8 Å². The first kappa shape index (κ1) is 10.2. The van der Waals surface area contributed by atoms with E-state index < -0.39 is 0 Å². The van der Waals surface area contributed by atoms with Crippen LogP contribution in [0.1, 0.15) is 37.7 Å². The van der Waals surface area contributed by atoms with E-state index in [1.165, 1.54) is 0 Å². The molecule has 2 heterocycles. The zero-order chi connectivity index (χ0) is 10.3. The highest BCUT2D eigenvalue weighted by Gasteiger charge is 2.24. The molecule has 1 N–H and O–H groups in total. The van der Waals surface area contributed by atoms with Crippen molar-refractivity contribution < 1.29 is 5.11 Å². The summed E-state index contributed by atoms with van der Waals surface area (Å²) in [6.07, 6.45) is 1.37. The molecule has 14 heavy (non-hydrogen) atoms. The van der Waals surface area contributed by atoms with Gasteiger partial charge in [-0.15, -0.1) is 0 Å². The van der Waals surface area contributed by atoms with E-state index in [0.717, 1.165) is 35.5 Å². The summed E-state index contributed by atoms with van der Waals surface area (Å²) < 4.78 is 3.14. The van der Waals surface area contributed by atoms with E-state index in [9.17, 15) is 5.11 Å². The summed E-state index contributed by atoms with van der Waals surface area (Å²) in [7, 11) is 0. The monoisotopic (exact) mass is 258 g/mol. The largest absolute Gasteiger partial charge is 0.393 e. The van der Waals surface area contributed by atoms with Crippen molar-refractivity contribution in [1.29, 1.82) is 0 Å². The molecule has 0 aromatic carbocycles. The molecule has 1 aliphatic rings. The molecular formula is C10H15BrN2O. The summed E-state index contributed by atoms with van der Waals surface area (Å²) in [4.78, 5) is 4.49. The smallest absolute Gasteiger partial charge is 0.127 e. The van der Waals surface area contributed by atoms with Crippen molar-refractivity contribution in [2.24, 2.45) is 0 Å². The Morgan fingerprint density at radius 3 is 2.93 bits per heavy atom. The summed E-state index contributed by atoms with van der Waals surface area (Å²) in [5.41, 5.74) is 1.15. The fourth-order valence-electron chi connectivity index (χ4n) is 1.96. The average Bonchev–Trinajstić information content (AvgIpc) is 2.44. The zero-order valence-corrected chi connectivity index (χ0v) is 10.1. The van der Waals surface area contributed by atoms with Gasteiger partial charge in [-0.05, 0) is 22.4 Å². The van der Waals surface area contributed by atoms with Gasteiger partial charge in [-0.1, -0.05) is 13.8 Å². The lowest BCUT2D eigenvalue weighted by atomic mass is 10.1. The van der Waals surface area contributed by atoms with Crippen LogP contribution in [0.4, 0.5) is 0 Å². The van der Waals surface area contributed by atoms with Gasteiger partial charge in [-0.25, -0.2) is 4.98 Å². The van der Waals surface area contributed by atoms with Crippen molar-refractivity contribution >= 4 is 15.9 Å². The predicted molar refractivity (Wildman–Crippen MR) is 58.3 cm³/mol. The molecule has 0 aliphatic carbocycles. The molecule has 1 aromatic heterocycles. The van der Waals surface area contributed by atoms with Crippen LogP contribution in [0, 0.1) is 0 Å². The zero-order valence-electron chi connectivity index (χ0n) is 8.50. The van der Waals surface area contributed by atoms with Gasteiger partial charge < -0.3 is 9.67 Å². The lowest BCUT2D eigenvalue weighted by Gasteiger charge is -2.22. The summed E-state index contributed by atoms with van der Waals surface area (Å²) in [6, 6.07) is 0. The second kappa shape index (κ2) is 3.66. The third-order valence-electron chi connectivity index (χ3n) is 2.68. The van der Waals surface area contributed by atoms with Gasteiger partial charge in [0.1, 0.15) is 10.4 Å². The van der Waals surface area contributed by atoms with Crippen molar-refractivity contribution in [1.82, 2.24) is 9.55 Å². The minimum atomic E-state index is -0.199. The van der Waals surface area contributed by atoms with Crippen LogP contribution in [0.15, 0.2) is 4.60 Å². The first-order valence-corrected chi connectivity index (χ1v) is 5.81. The Morgan fingerprint density at radius 1 is 1.57 bits per heavy atom. The number of imidazole rings is 1. The molecule has 4 heteroatoms. The second-order valence-electron chi connectivity index (χ2n) is 4.16. The normalized spacial score (nSPS) is 21.4. The number of aliphatic hydroxyl groups is 1. The first-order valence-electron chi connectivity index (χ1n) is 5.02. The van der Waals surface area contributed by atoms with E-state index in [-0.39, 0.29) is 6.10 Å². The first-order chi connectivity index (χ1) is 6.59. The average molecular weight is 259 g/mol. The molecule has 1 aromatic rings. The van der Waals surface area contributed by atoms with E-state index in [2.05, 4.69) is 39.3 Å². The van der Waals surface area contributed by atoms with Gasteiger partial charge in [0.2, 0.25) is 0 Å². The van der Waals surface area contributed by atoms with Crippen LogP contribution in [-0.2, 0) is 13.0 Å². The standard InChI is InChI=1S/C10H15BrN2O/c1-6(2)10-12-9(11)8-5-7(14)3-4-13(8)10/h6-7,14H,3-5H2,1-2H3. The van der Waals surface area contributed by atoms with Gasteiger partial charge in [0.15, 0.2) is 0 Å². The summed E-state index contributed by atoms with van der Waals surface area (Å²) in [5, 5.41) is 9.57. The molecular weight excluding hydrogens is 244 g/mol. The van der Waals surface area contributed by atoms with Gasteiger partial charge >= 0.3 is 0 Å². The molecule has 0 spiro atoms. The molecule has 0 saturated heterocycles. The van der Waals surface area contributed by atoms with Crippen LogP contribution in [0.5, 0.6) is 0 Å². The number of aromatic nitrogens is 2. The maximum absolute atomic E-state index is 9.57. The maximum atomic E-state index is 9.57. The third-order valence-corrected chi connectivity index (χ3v) is 3.32. The summed E-state index contributed by atoms with van der Waals surface area (Å²) in [5.74, 6) is 1.56. The van der Waals surface area contributed by atoms with Crippen LogP contribution >= 0.6 is 15.9 Å². The van der Waals surface area contributed by atoms with E-state index in [0.29, 0.717) is 5.92 Å². The number of aliphatic hydroxyl groups excluding tert-OH is 1. The SMILES string of the molecule is CC(C)c1nc(Br)c2n1CCC(O)C2. The van der Waals surface area contributed by atoms with Crippen LogP contribution < -0.4 is 0 Å². The predicted octanol–water partition coefficient (Wildman–Crippen LogP) is 2.08. The van der Waals surface area contributed by atoms with Crippen molar-refractivity contribution in [3.63, 3.8) is 0 Å². The molecule has 1 unspecified atom stereocenters. The Hall–Kier alpha value is -0.350. The number of hydrogen-bond donors (Lipinski definition) is 1. The molecule has 78 valence electrons. The van der Waals surface area contributed by atoms with E-state index in [1.807, 2.05) is 0 Å². The second-order valence-corrected chi connectivity index (χ2v) is 4.91.